The van der Waals surface area contributed by atoms with Gasteiger partial charge in [0.15, 0.2) is 0 Å². The number of nitrogens with zero attached hydrogens (tertiary/aromatic N) is 2. The van der Waals surface area contributed by atoms with E-state index in [1.165, 1.54) is 5.56 Å². The molecular formula is C20H22N4O. The van der Waals surface area contributed by atoms with Crippen molar-refractivity contribution in [2.75, 3.05) is 23.8 Å². The van der Waals surface area contributed by atoms with Crippen LogP contribution >= 0.6 is 0 Å². The summed E-state index contributed by atoms with van der Waals surface area (Å²) in [6.07, 6.45) is 2.52. The van der Waals surface area contributed by atoms with Gasteiger partial charge in [0.1, 0.15) is 0 Å². The predicted molar refractivity (Wildman–Crippen MR) is 103 cm³/mol. The molecule has 1 aromatic heterocycles. The second-order valence-electron chi connectivity index (χ2n) is 5.97. The number of carbonyl (C=O) groups excluding carboxylic acids is 1. The van der Waals surface area contributed by atoms with Gasteiger partial charge < -0.3 is 15.2 Å². The molecule has 0 bridgehead atoms. The molecule has 2 N–H and O–H groups in total. The van der Waals surface area contributed by atoms with E-state index < -0.39 is 0 Å². The SMILES string of the molecule is CCNc1ccc(-c2[nH]cnc2-c2cccc(C)c2)cc1N(C)C=O. The van der Waals surface area contributed by atoms with Crippen LogP contribution < -0.4 is 10.2 Å². The maximum absolute atomic E-state index is 11.3. The molecule has 0 fully saturated rings. The van der Waals surface area contributed by atoms with Gasteiger partial charge in [-0.15, -0.1) is 0 Å². The van der Waals surface area contributed by atoms with Crippen LogP contribution in [0.15, 0.2) is 48.8 Å². The van der Waals surface area contributed by atoms with Crippen molar-refractivity contribution in [2.24, 2.45) is 0 Å². The molecule has 3 rings (SSSR count). The molecule has 0 radical (unpaired) electrons. The van der Waals surface area contributed by atoms with E-state index in [0.29, 0.717) is 0 Å². The Hall–Kier alpha value is -3.08. The van der Waals surface area contributed by atoms with Crippen LogP contribution in [0.4, 0.5) is 11.4 Å². The van der Waals surface area contributed by atoms with Gasteiger partial charge in [-0.05, 0) is 32.0 Å². The van der Waals surface area contributed by atoms with Crippen LogP contribution in [-0.2, 0) is 4.79 Å². The van der Waals surface area contributed by atoms with Crippen molar-refractivity contribution in [1.29, 1.82) is 0 Å². The molecule has 2 aromatic carbocycles. The number of aryl methyl sites for hydroxylation is 1. The monoisotopic (exact) mass is 334 g/mol. The summed E-state index contributed by atoms with van der Waals surface area (Å²) < 4.78 is 0. The predicted octanol–water partition coefficient (Wildman–Crippen LogP) is 4.08. The maximum Gasteiger partial charge on any atom is 0.213 e. The van der Waals surface area contributed by atoms with Crippen LogP contribution in [0, 0.1) is 6.92 Å². The van der Waals surface area contributed by atoms with E-state index >= 15 is 0 Å². The summed E-state index contributed by atoms with van der Waals surface area (Å²) in [5, 5.41) is 3.29. The first-order valence-corrected chi connectivity index (χ1v) is 8.31. The number of benzene rings is 2. The van der Waals surface area contributed by atoms with Gasteiger partial charge in [-0.2, -0.15) is 0 Å². The number of hydrogen-bond acceptors (Lipinski definition) is 3. The summed E-state index contributed by atoms with van der Waals surface area (Å²) in [5.41, 5.74) is 6.84. The van der Waals surface area contributed by atoms with Crippen molar-refractivity contribution in [3.05, 3.63) is 54.4 Å². The van der Waals surface area contributed by atoms with Crippen LogP contribution in [0.3, 0.4) is 0 Å². The third-order valence-corrected chi connectivity index (χ3v) is 4.12. The molecule has 5 nitrogen and oxygen atoms in total. The lowest BCUT2D eigenvalue weighted by molar-refractivity contribution is -0.107. The van der Waals surface area contributed by atoms with Crippen molar-refractivity contribution in [2.45, 2.75) is 13.8 Å². The fourth-order valence-corrected chi connectivity index (χ4v) is 2.90. The summed E-state index contributed by atoms with van der Waals surface area (Å²) in [7, 11) is 1.75. The highest BCUT2D eigenvalue weighted by Crippen LogP contribution is 2.34. The van der Waals surface area contributed by atoms with Gasteiger partial charge in [-0.3, -0.25) is 4.79 Å². The van der Waals surface area contributed by atoms with E-state index in [-0.39, 0.29) is 0 Å². The smallest absolute Gasteiger partial charge is 0.213 e. The molecule has 0 unspecified atom stereocenters. The highest BCUT2D eigenvalue weighted by Gasteiger charge is 2.14. The van der Waals surface area contributed by atoms with E-state index in [1.54, 1.807) is 18.3 Å². The summed E-state index contributed by atoms with van der Waals surface area (Å²) in [4.78, 5) is 20.6. The van der Waals surface area contributed by atoms with Crippen LogP contribution in [0.5, 0.6) is 0 Å². The maximum atomic E-state index is 11.3. The summed E-state index contributed by atoms with van der Waals surface area (Å²) in [5.74, 6) is 0. The summed E-state index contributed by atoms with van der Waals surface area (Å²) in [6.45, 7) is 4.89. The molecule has 0 aliphatic rings. The lowest BCUT2D eigenvalue weighted by Gasteiger charge is -2.18. The Morgan fingerprint density at radius 1 is 1.20 bits per heavy atom. The first kappa shape index (κ1) is 16.8. The van der Waals surface area contributed by atoms with Crippen molar-refractivity contribution in [3.63, 3.8) is 0 Å². The Balaban J connectivity index is 2.09. The molecule has 5 heteroatoms. The van der Waals surface area contributed by atoms with Gasteiger partial charge in [0.25, 0.3) is 0 Å². The molecule has 0 saturated carbocycles. The fourth-order valence-electron chi connectivity index (χ4n) is 2.90. The van der Waals surface area contributed by atoms with Crippen LogP contribution in [0.1, 0.15) is 12.5 Å². The average molecular weight is 334 g/mol. The molecule has 0 spiro atoms. The van der Waals surface area contributed by atoms with Crippen LogP contribution in [0.25, 0.3) is 22.5 Å². The molecule has 1 amide bonds. The minimum atomic E-state index is 0.789. The van der Waals surface area contributed by atoms with Gasteiger partial charge in [0.2, 0.25) is 6.41 Å². The fraction of sp³-hybridized carbons (Fsp3) is 0.200. The van der Waals surface area contributed by atoms with Gasteiger partial charge in [0, 0.05) is 24.7 Å². The minimum absolute atomic E-state index is 0.789. The first-order valence-electron chi connectivity index (χ1n) is 8.31. The third kappa shape index (κ3) is 3.40. The number of nitrogens with one attached hydrogen (secondary N) is 2. The number of rotatable bonds is 6. The molecule has 0 atom stereocenters. The Labute approximate surface area is 147 Å². The van der Waals surface area contributed by atoms with Gasteiger partial charge in [0.05, 0.1) is 29.1 Å². The van der Waals surface area contributed by atoms with Gasteiger partial charge in [-0.25, -0.2) is 4.98 Å². The van der Waals surface area contributed by atoms with E-state index in [2.05, 4.69) is 40.4 Å². The largest absolute Gasteiger partial charge is 0.384 e. The Bertz CT molecular complexity index is 885. The number of amides is 1. The molecule has 0 aliphatic carbocycles. The number of H-pyrrole nitrogens is 1. The third-order valence-electron chi connectivity index (χ3n) is 4.12. The van der Waals surface area contributed by atoms with Crippen molar-refractivity contribution >= 4 is 17.8 Å². The van der Waals surface area contributed by atoms with E-state index in [9.17, 15) is 4.79 Å². The van der Waals surface area contributed by atoms with Crippen molar-refractivity contribution in [1.82, 2.24) is 9.97 Å². The number of anilines is 2. The van der Waals surface area contributed by atoms with Crippen molar-refractivity contribution in [3.8, 4) is 22.5 Å². The molecule has 1 heterocycles. The first-order chi connectivity index (χ1) is 12.1. The molecule has 25 heavy (non-hydrogen) atoms. The molecule has 128 valence electrons. The second kappa shape index (κ2) is 7.21. The highest BCUT2D eigenvalue weighted by atomic mass is 16.1. The van der Waals surface area contributed by atoms with Crippen LogP contribution in [-0.4, -0.2) is 30.0 Å². The number of imidazole rings is 1. The van der Waals surface area contributed by atoms with E-state index in [1.807, 2.05) is 31.2 Å². The zero-order valence-corrected chi connectivity index (χ0v) is 14.7. The highest BCUT2D eigenvalue weighted by molar-refractivity contribution is 5.88. The lowest BCUT2D eigenvalue weighted by atomic mass is 10.0. The van der Waals surface area contributed by atoms with Gasteiger partial charge >= 0.3 is 0 Å². The van der Waals surface area contributed by atoms with Crippen molar-refractivity contribution < 1.29 is 4.79 Å². The summed E-state index contributed by atoms with van der Waals surface area (Å²) in [6, 6.07) is 14.3. The zero-order valence-electron chi connectivity index (χ0n) is 14.7. The normalized spacial score (nSPS) is 10.5. The number of aromatic nitrogens is 2. The van der Waals surface area contributed by atoms with E-state index in [4.69, 9.17) is 0 Å². The number of carbonyl (C=O) groups is 1. The topological polar surface area (TPSA) is 61.0 Å². The molecule has 3 aromatic rings. The quantitative estimate of drug-likeness (QED) is 0.668. The zero-order chi connectivity index (χ0) is 17.8. The van der Waals surface area contributed by atoms with E-state index in [0.717, 1.165) is 46.8 Å². The molecule has 0 saturated heterocycles. The number of hydrogen-bond donors (Lipinski definition) is 2. The average Bonchev–Trinajstić information content (AvgIpc) is 3.11. The van der Waals surface area contributed by atoms with Crippen LogP contribution in [0.2, 0.25) is 0 Å². The minimum Gasteiger partial charge on any atom is -0.384 e. The lowest BCUT2D eigenvalue weighted by Crippen LogP contribution is -2.16. The second-order valence-corrected chi connectivity index (χ2v) is 5.97. The molecule has 0 aliphatic heterocycles. The number of aromatic amines is 1. The Kier molecular flexibility index (Phi) is 4.84. The summed E-state index contributed by atoms with van der Waals surface area (Å²) >= 11 is 0. The Morgan fingerprint density at radius 2 is 2.04 bits per heavy atom. The standard InChI is InChI=1S/C20H22N4O/c1-4-21-17-9-8-16(11-18(17)24(3)13-25)20-19(22-12-23-20)15-7-5-6-14(2)10-15/h5-13,21H,4H2,1-3H3,(H,22,23). The Morgan fingerprint density at radius 3 is 2.76 bits per heavy atom. The van der Waals surface area contributed by atoms with Gasteiger partial charge in [-0.1, -0.05) is 29.8 Å². The molecular weight excluding hydrogens is 312 g/mol.